The number of methoxy groups -OCH3 is 1. The summed E-state index contributed by atoms with van der Waals surface area (Å²) in [6.07, 6.45) is 0.564. The van der Waals surface area contributed by atoms with E-state index in [1.807, 2.05) is 6.92 Å². The predicted octanol–water partition coefficient (Wildman–Crippen LogP) is 0.818. The van der Waals surface area contributed by atoms with Gasteiger partial charge in [0.15, 0.2) is 0 Å². The van der Waals surface area contributed by atoms with Crippen molar-refractivity contribution in [1.82, 2.24) is 0 Å². The van der Waals surface area contributed by atoms with Crippen molar-refractivity contribution in [3.05, 3.63) is 0 Å². The molecule has 0 aromatic heterocycles. The van der Waals surface area contributed by atoms with Crippen LogP contribution < -0.4 is 0 Å². The molecule has 0 aliphatic carbocycles. The second kappa shape index (κ2) is 6.13. The highest BCUT2D eigenvalue weighted by Gasteiger charge is 2.51. The molecule has 0 heterocycles. The summed E-state index contributed by atoms with van der Waals surface area (Å²) in [6, 6.07) is 0. The second-order valence-corrected chi connectivity index (χ2v) is 5.83. The van der Waals surface area contributed by atoms with Crippen LogP contribution in [-0.4, -0.2) is 43.2 Å². The summed E-state index contributed by atoms with van der Waals surface area (Å²) >= 11 is 0. The number of carbonyl (C=O) groups excluding carboxylic acids is 1. The number of carbonyl (C=O) groups is 1. The summed E-state index contributed by atoms with van der Waals surface area (Å²) < 4.78 is 20.3. The Hall–Kier alpha value is -0.433. The predicted molar refractivity (Wildman–Crippen MR) is 52.8 cm³/mol. The van der Waals surface area contributed by atoms with Crippen molar-refractivity contribution in [3.8, 4) is 0 Å². The van der Waals surface area contributed by atoms with E-state index in [2.05, 4.69) is 4.74 Å². The minimum atomic E-state index is -2.91. The van der Waals surface area contributed by atoms with Crippen LogP contribution in [-0.2, 0) is 22.8 Å². The van der Waals surface area contributed by atoms with E-state index in [4.69, 9.17) is 13.3 Å². The molecule has 0 spiro atoms. The van der Waals surface area contributed by atoms with Crippen LogP contribution in [0.15, 0.2) is 0 Å². The van der Waals surface area contributed by atoms with Crippen molar-refractivity contribution in [2.45, 2.75) is 18.9 Å². The van der Waals surface area contributed by atoms with Gasteiger partial charge in [-0.25, -0.2) is 0 Å². The first kappa shape index (κ1) is 13.6. The molecule has 0 aromatic carbocycles. The molecular formula is C8H18O5Si. The van der Waals surface area contributed by atoms with E-state index < -0.39 is 14.3 Å². The average Bonchev–Trinajstić information content (AvgIpc) is 2.25. The molecule has 6 heteroatoms. The van der Waals surface area contributed by atoms with E-state index in [0.29, 0.717) is 6.42 Å². The van der Waals surface area contributed by atoms with Gasteiger partial charge in [-0.05, 0) is 6.42 Å². The molecule has 0 saturated carbocycles. The quantitative estimate of drug-likeness (QED) is 0.492. The zero-order chi connectivity index (χ0) is 11.2. The minimum Gasteiger partial charge on any atom is -0.469 e. The molecule has 0 aromatic rings. The average molecular weight is 222 g/mol. The highest BCUT2D eigenvalue weighted by atomic mass is 28.4. The molecule has 1 atom stereocenters. The molecule has 0 aliphatic heterocycles. The van der Waals surface area contributed by atoms with Crippen LogP contribution >= 0.6 is 0 Å². The highest BCUT2D eigenvalue weighted by Crippen LogP contribution is 2.28. The Morgan fingerprint density at radius 1 is 1.14 bits per heavy atom. The van der Waals surface area contributed by atoms with Gasteiger partial charge in [0.1, 0.15) is 5.54 Å². The molecule has 84 valence electrons. The lowest BCUT2D eigenvalue weighted by Gasteiger charge is -2.29. The standard InChI is InChI=1S/C8H18O5Si/c1-6-7(8(9)10-2)14(11-3,12-4)13-5/h7H,6H2,1-5H3. The smallest absolute Gasteiger partial charge is 0.469 e. The maximum atomic E-state index is 11.4. The van der Waals surface area contributed by atoms with Gasteiger partial charge in [-0.1, -0.05) is 6.92 Å². The van der Waals surface area contributed by atoms with E-state index in [1.165, 1.54) is 28.4 Å². The normalized spacial score (nSPS) is 13.8. The highest BCUT2D eigenvalue weighted by molar-refractivity contribution is 6.66. The van der Waals surface area contributed by atoms with Crippen molar-refractivity contribution < 1.29 is 22.8 Å². The molecule has 5 nitrogen and oxygen atoms in total. The van der Waals surface area contributed by atoms with E-state index in [9.17, 15) is 4.79 Å². The van der Waals surface area contributed by atoms with E-state index in [-0.39, 0.29) is 5.97 Å². The molecule has 1 unspecified atom stereocenters. The van der Waals surface area contributed by atoms with Gasteiger partial charge in [-0.2, -0.15) is 0 Å². The zero-order valence-corrected chi connectivity index (χ0v) is 10.3. The van der Waals surface area contributed by atoms with Crippen LogP contribution in [0.2, 0.25) is 5.54 Å². The Kier molecular flexibility index (Phi) is 5.94. The zero-order valence-electron chi connectivity index (χ0n) is 9.33. The maximum absolute atomic E-state index is 11.4. The Labute approximate surface area is 85.7 Å². The summed E-state index contributed by atoms with van der Waals surface area (Å²) in [4.78, 5) is 11.4. The number of esters is 1. The third-order valence-corrected chi connectivity index (χ3v) is 5.38. The summed E-state index contributed by atoms with van der Waals surface area (Å²) in [5.74, 6) is -0.357. The molecule has 0 bridgehead atoms. The Balaban J connectivity index is 4.83. The lowest BCUT2D eigenvalue weighted by atomic mass is 10.3. The Morgan fingerprint density at radius 2 is 1.57 bits per heavy atom. The molecule has 0 amide bonds. The van der Waals surface area contributed by atoms with Crippen molar-refractivity contribution in [2.24, 2.45) is 0 Å². The lowest BCUT2D eigenvalue weighted by Crippen LogP contribution is -2.50. The van der Waals surface area contributed by atoms with Gasteiger partial charge in [0, 0.05) is 21.3 Å². The van der Waals surface area contributed by atoms with Gasteiger partial charge in [-0.15, -0.1) is 0 Å². The monoisotopic (exact) mass is 222 g/mol. The fraction of sp³-hybridized carbons (Fsp3) is 0.875. The van der Waals surface area contributed by atoms with Crippen molar-refractivity contribution in [2.75, 3.05) is 28.4 Å². The molecular weight excluding hydrogens is 204 g/mol. The Morgan fingerprint density at radius 3 is 1.79 bits per heavy atom. The SMILES string of the molecule is CCC(C(=O)OC)[Si](OC)(OC)OC. The summed E-state index contributed by atoms with van der Waals surface area (Å²) in [7, 11) is 2.86. The van der Waals surface area contributed by atoms with Gasteiger partial charge < -0.3 is 18.0 Å². The fourth-order valence-corrected chi connectivity index (χ4v) is 3.64. The largest absolute Gasteiger partial charge is 0.514 e. The molecule has 0 fully saturated rings. The van der Waals surface area contributed by atoms with Crippen molar-refractivity contribution in [3.63, 3.8) is 0 Å². The van der Waals surface area contributed by atoms with Gasteiger partial charge in [0.2, 0.25) is 0 Å². The lowest BCUT2D eigenvalue weighted by molar-refractivity contribution is -0.142. The minimum absolute atomic E-state index is 0.357. The molecule has 0 aliphatic rings. The molecule has 14 heavy (non-hydrogen) atoms. The van der Waals surface area contributed by atoms with Crippen LogP contribution in [0, 0.1) is 0 Å². The van der Waals surface area contributed by atoms with Gasteiger partial charge >= 0.3 is 14.8 Å². The van der Waals surface area contributed by atoms with Gasteiger partial charge in [0.25, 0.3) is 0 Å². The first-order chi connectivity index (χ1) is 6.61. The summed E-state index contributed by atoms with van der Waals surface area (Å²) in [5, 5.41) is 0. The second-order valence-electron chi connectivity index (χ2n) is 2.70. The molecule has 0 saturated heterocycles. The van der Waals surface area contributed by atoms with Gasteiger partial charge in [-0.3, -0.25) is 4.79 Å². The van der Waals surface area contributed by atoms with E-state index in [0.717, 1.165) is 0 Å². The van der Waals surface area contributed by atoms with Gasteiger partial charge in [0.05, 0.1) is 7.11 Å². The van der Waals surface area contributed by atoms with Crippen molar-refractivity contribution >= 4 is 14.8 Å². The van der Waals surface area contributed by atoms with Crippen LogP contribution in [0.1, 0.15) is 13.3 Å². The third kappa shape index (κ3) is 2.54. The number of ether oxygens (including phenoxy) is 1. The molecule has 0 radical (unpaired) electrons. The maximum Gasteiger partial charge on any atom is 0.514 e. The summed E-state index contributed by atoms with van der Waals surface area (Å²) in [6.45, 7) is 1.86. The first-order valence-corrected chi connectivity index (χ1v) is 6.15. The number of hydrogen-bond donors (Lipinski definition) is 0. The topological polar surface area (TPSA) is 54.0 Å². The first-order valence-electron chi connectivity index (χ1n) is 4.35. The Bertz CT molecular complexity index is 172. The number of hydrogen-bond acceptors (Lipinski definition) is 5. The third-order valence-electron chi connectivity index (χ3n) is 2.17. The van der Waals surface area contributed by atoms with Crippen LogP contribution in [0.3, 0.4) is 0 Å². The van der Waals surface area contributed by atoms with Crippen LogP contribution in [0.4, 0.5) is 0 Å². The van der Waals surface area contributed by atoms with Crippen LogP contribution in [0.5, 0.6) is 0 Å². The summed E-state index contributed by atoms with van der Waals surface area (Å²) in [5.41, 5.74) is -0.465. The van der Waals surface area contributed by atoms with Crippen LogP contribution in [0.25, 0.3) is 0 Å². The van der Waals surface area contributed by atoms with E-state index in [1.54, 1.807) is 0 Å². The van der Waals surface area contributed by atoms with Crippen molar-refractivity contribution in [1.29, 1.82) is 0 Å². The molecule has 0 N–H and O–H groups in total. The fourth-order valence-electron chi connectivity index (χ4n) is 1.38. The van der Waals surface area contributed by atoms with E-state index >= 15 is 0 Å². The number of rotatable bonds is 6. The molecule has 0 rings (SSSR count).